The van der Waals surface area contributed by atoms with Gasteiger partial charge in [-0.2, -0.15) is 10.2 Å². The SMILES string of the molecule is Clc1ccc(N2N=C(c3ccccc3)NN2c2ccccc2)cc1Cl. The molecule has 1 aliphatic rings. The molecule has 0 unspecified atom stereocenters. The van der Waals surface area contributed by atoms with Crippen LogP contribution in [0, 0.1) is 0 Å². The first-order valence-corrected chi connectivity index (χ1v) is 8.49. The molecule has 4 nitrogen and oxygen atoms in total. The molecule has 0 saturated heterocycles. The first kappa shape index (κ1) is 15.8. The molecule has 0 atom stereocenters. The van der Waals surface area contributed by atoms with Gasteiger partial charge in [-0.3, -0.25) is 5.43 Å². The summed E-state index contributed by atoms with van der Waals surface area (Å²) < 4.78 is 0. The van der Waals surface area contributed by atoms with Crippen molar-refractivity contribution >= 4 is 40.4 Å². The lowest BCUT2D eigenvalue weighted by Crippen LogP contribution is -2.44. The first-order chi connectivity index (χ1) is 12.2. The molecule has 0 aliphatic carbocycles. The van der Waals surface area contributed by atoms with Crippen LogP contribution in [0.3, 0.4) is 0 Å². The topological polar surface area (TPSA) is 30.9 Å². The summed E-state index contributed by atoms with van der Waals surface area (Å²) in [6, 6.07) is 25.3. The second-order valence-corrected chi connectivity index (χ2v) is 6.28. The third-order valence-electron chi connectivity index (χ3n) is 3.78. The van der Waals surface area contributed by atoms with Crippen LogP contribution in [0.15, 0.2) is 84.0 Å². The molecule has 6 heteroatoms. The Bertz CT molecular complexity index is 913. The van der Waals surface area contributed by atoms with Gasteiger partial charge in [-0.25, -0.2) is 0 Å². The van der Waals surface area contributed by atoms with Crippen LogP contribution in [-0.2, 0) is 0 Å². The van der Waals surface area contributed by atoms with Gasteiger partial charge in [-0.05, 0) is 30.3 Å². The number of benzene rings is 3. The lowest BCUT2D eigenvalue weighted by molar-refractivity contribution is 0.771. The largest absolute Gasteiger partial charge is 0.259 e. The second-order valence-electron chi connectivity index (χ2n) is 5.46. The summed E-state index contributed by atoms with van der Waals surface area (Å²) in [5.41, 5.74) is 6.08. The third kappa shape index (κ3) is 3.14. The monoisotopic (exact) mass is 368 g/mol. The van der Waals surface area contributed by atoms with Crippen LogP contribution in [0.2, 0.25) is 10.0 Å². The van der Waals surface area contributed by atoms with Crippen LogP contribution in [0.25, 0.3) is 0 Å². The van der Waals surface area contributed by atoms with Crippen LogP contribution < -0.4 is 15.7 Å². The molecule has 25 heavy (non-hydrogen) atoms. The fraction of sp³-hybridized carbons (Fsp3) is 0. The molecule has 1 heterocycles. The average molecular weight is 369 g/mol. The number of nitrogens with one attached hydrogen (secondary N) is 1. The average Bonchev–Trinajstić information content (AvgIpc) is 3.11. The normalized spacial score (nSPS) is 13.6. The lowest BCUT2D eigenvalue weighted by atomic mass is 10.2. The molecule has 0 radical (unpaired) electrons. The van der Waals surface area contributed by atoms with E-state index < -0.39 is 0 Å². The number of hydrazone groups is 1. The number of para-hydroxylation sites is 1. The van der Waals surface area contributed by atoms with E-state index in [4.69, 9.17) is 28.3 Å². The summed E-state index contributed by atoms with van der Waals surface area (Å²) in [5, 5.41) is 9.34. The molecule has 0 fully saturated rings. The summed E-state index contributed by atoms with van der Waals surface area (Å²) in [6.07, 6.45) is 0. The van der Waals surface area contributed by atoms with E-state index in [0.29, 0.717) is 10.0 Å². The Morgan fingerprint density at radius 1 is 0.720 bits per heavy atom. The predicted octanol–water partition coefficient (Wildman–Crippen LogP) is 5.10. The van der Waals surface area contributed by atoms with Gasteiger partial charge < -0.3 is 0 Å². The Morgan fingerprint density at radius 2 is 1.40 bits per heavy atom. The molecule has 3 aromatic rings. The van der Waals surface area contributed by atoms with Crippen molar-refractivity contribution in [2.24, 2.45) is 5.10 Å². The van der Waals surface area contributed by atoms with Gasteiger partial charge in [0, 0.05) is 5.56 Å². The minimum Gasteiger partial charge on any atom is -0.259 e. The Hall–Kier alpha value is -2.69. The number of hydrogen-bond acceptors (Lipinski definition) is 4. The van der Waals surface area contributed by atoms with Crippen molar-refractivity contribution in [3.05, 3.63) is 94.5 Å². The number of nitrogens with zero attached hydrogens (tertiary/aromatic N) is 3. The van der Waals surface area contributed by atoms with Crippen molar-refractivity contribution in [3.8, 4) is 0 Å². The molecular weight excluding hydrogens is 355 g/mol. The van der Waals surface area contributed by atoms with Crippen LogP contribution in [0.1, 0.15) is 5.56 Å². The van der Waals surface area contributed by atoms with Crippen molar-refractivity contribution in [1.82, 2.24) is 5.43 Å². The summed E-state index contributed by atoms with van der Waals surface area (Å²) in [7, 11) is 0. The van der Waals surface area contributed by atoms with Gasteiger partial charge >= 0.3 is 0 Å². The van der Waals surface area contributed by atoms with E-state index in [9.17, 15) is 0 Å². The van der Waals surface area contributed by atoms with Crippen molar-refractivity contribution < 1.29 is 0 Å². The van der Waals surface area contributed by atoms with Crippen LogP contribution in [-0.4, -0.2) is 5.84 Å². The number of hydrazine groups is 2. The molecule has 0 amide bonds. The second kappa shape index (κ2) is 6.67. The van der Waals surface area contributed by atoms with Crippen molar-refractivity contribution in [2.75, 3.05) is 10.2 Å². The smallest absolute Gasteiger partial charge is 0.176 e. The number of amidine groups is 1. The molecule has 3 aromatic carbocycles. The molecule has 1 aliphatic heterocycles. The number of rotatable bonds is 3. The highest BCUT2D eigenvalue weighted by Gasteiger charge is 2.26. The van der Waals surface area contributed by atoms with Crippen molar-refractivity contribution in [1.29, 1.82) is 0 Å². The number of anilines is 2. The fourth-order valence-corrected chi connectivity index (χ4v) is 2.85. The number of hydrogen-bond donors (Lipinski definition) is 1. The number of halogens is 2. The maximum atomic E-state index is 6.19. The summed E-state index contributed by atoms with van der Waals surface area (Å²) in [5.74, 6) is 0.746. The van der Waals surface area contributed by atoms with Crippen LogP contribution >= 0.6 is 23.2 Å². The van der Waals surface area contributed by atoms with Gasteiger partial charge in [-0.15, -0.1) is 5.10 Å². The molecular formula is C19H14Cl2N4. The zero-order chi connectivity index (χ0) is 17.2. The minimum absolute atomic E-state index is 0.482. The van der Waals surface area contributed by atoms with E-state index in [1.807, 2.05) is 71.8 Å². The minimum atomic E-state index is 0.482. The van der Waals surface area contributed by atoms with E-state index in [1.54, 1.807) is 17.3 Å². The lowest BCUT2D eigenvalue weighted by Gasteiger charge is -2.28. The zero-order valence-corrected chi connectivity index (χ0v) is 14.6. The quantitative estimate of drug-likeness (QED) is 0.697. The fourth-order valence-electron chi connectivity index (χ4n) is 2.55. The molecule has 0 saturated carbocycles. The Kier molecular flexibility index (Phi) is 4.22. The van der Waals surface area contributed by atoms with Crippen molar-refractivity contribution in [3.63, 3.8) is 0 Å². The van der Waals surface area contributed by atoms with E-state index in [-0.39, 0.29) is 0 Å². The highest BCUT2D eigenvalue weighted by molar-refractivity contribution is 6.42. The Morgan fingerprint density at radius 3 is 2.08 bits per heavy atom. The van der Waals surface area contributed by atoms with Gasteiger partial charge in [0.05, 0.1) is 21.4 Å². The molecule has 124 valence electrons. The Labute approximate surface area is 155 Å². The van der Waals surface area contributed by atoms with Gasteiger partial charge in [0.25, 0.3) is 0 Å². The van der Waals surface area contributed by atoms with Crippen LogP contribution in [0.5, 0.6) is 0 Å². The van der Waals surface area contributed by atoms with Gasteiger partial charge in [0.15, 0.2) is 5.84 Å². The molecule has 4 rings (SSSR count). The highest BCUT2D eigenvalue weighted by Crippen LogP contribution is 2.31. The zero-order valence-electron chi connectivity index (χ0n) is 13.1. The maximum Gasteiger partial charge on any atom is 0.176 e. The maximum absolute atomic E-state index is 6.19. The molecule has 0 bridgehead atoms. The Balaban J connectivity index is 1.77. The van der Waals surface area contributed by atoms with Gasteiger partial charge in [-0.1, -0.05) is 71.7 Å². The van der Waals surface area contributed by atoms with E-state index in [2.05, 4.69) is 5.43 Å². The van der Waals surface area contributed by atoms with E-state index in [0.717, 1.165) is 22.8 Å². The standard InChI is InChI=1S/C19H14Cl2N4/c20-17-12-11-16(13-18(17)21)25-23-19(14-7-3-1-4-8-14)22-24(25)15-9-5-2-6-10-15/h1-13H,(H,22,23). The molecule has 0 aromatic heterocycles. The van der Waals surface area contributed by atoms with Gasteiger partial charge in [0.1, 0.15) is 0 Å². The van der Waals surface area contributed by atoms with Crippen LogP contribution in [0.4, 0.5) is 11.4 Å². The summed E-state index contributed by atoms with van der Waals surface area (Å²) in [4.78, 5) is 0. The summed E-state index contributed by atoms with van der Waals surface area (Å²) in [6.45, 7) is 0. The summed E-state index contributed by atoms with van der Waals surface area (Å²) >= 11 is 12.2. The van der Waals surface area contributed by atoms with Crippen molar-refractivity contribution in [2.45, 2.75) is 0 Å². The third-order valence-corrected chi connectivity index (χ3v) is 4.52. The highest BCUT2D eigenvalue weighted by atomic mass is 35.5. The first-order valence-electron chi connectivity index (χ1n) is 7.73. The van der Waals surface area contributed by atoms with E-state index >= 15 is 0 Å². The predicted molar refractivity (Wildman–Crippen MR) is 104 cm³/mol. The van der Waals surface area contributed by atoms with E-state index in [1.165, 1.54) is 0 Å². The van der Waals surface area contributed by atoms with Gasteiger partial charge in [0.2, 0.25) is 0 Å². The molecule has 1 N–H and O–H groups in total. The molecule has 0 spiro atoms.